The molecule has 0 unspecified atom stereocenters. The van der Waals surface area contributed by atoms with E-state index in [4.69, 9.17) is 4.74 Å². The first-order valence-corrected chi connectivity index (χ1v) is 9.96. The van der Waals surface area contributed by atoms with Crippen molar-refractivity contribution in [1.29, 1.82) is 0 Å². The van der Waals surface area contributed by atoms with Crippen LogP contribution in [-0.4, -0.2) is 46.9 Å². The van der Waals surface area contributed by atoms with Crippen molar-refractivity contribution in [2.24, 2.45) is 0 Å². The first-order chi connectivity index (χ1) is 13.7. The molecule has 1 aromatic carbocycles. The molecule has 4 amide bonds. The third-order valence-electron chi connectivity index (χ3n) is 5.51. The molecule has 1 aromatic rings. The van der Waals surface area contributed by atoms with Gasteiger partial charge in [0, 0.05) is 5.69 Å². The summed E-state index contributed by atoms with van der Waals surface area (Å²) in [5.74, 6) is -1.30. The smallest absolute Gasteiger partial charge is 0.327 e. The summed E-state index contributed by atoms with van der Waals surface area (Å²) in [7, 11) is 0. The van der Waals surface area contributed by atoms with E-state index in [9.17, 15) is 19.2 Å². The highest BCUT2D eigenvalue weighted by molar-refractivity contribution is 6.09. The van der Waals surface area contributed by atoms with Crippen LogP contribution in [0.15, 0.2) is 24.3 Å². The van der Waals surface area contributed by atoms with Gasteiger partial charge in [-0.15, -0.1) is 0 Å². The molecule has 1 atom stereocenters. The van der Waals surface area contributed by atoms with Crippen molar-refractivity contribution in [3.05, 3.63) is 29.8 Å². The molecule has 0 bridgehead atoms. The Balaban J connectivity index is 1.52. The van der Waals surface area contributed by atoms with Gasteiger partial charge in [-0.2, -0.15) is 0 Å². The van der Waals surface area contributed by atoms with Crippen LogP contribution >= 0.6 is 0 Å². The summed E-state index contributed by atoms with van der Waals surface area (Å²) >= 11 is 0. The standard InChI is InChI=1S/C21H27N3O5/c1-13(2)15-6-8-16(9-7-15)22-18(26)14(3)29-17(25)12-24-19(27)21(23-20(24)28)10-4-5-11-21/h6-9,13-14H,4-5,10-12H2,1-3H3,(H,22,26)(H,23,28)/t14-/m1/s1. The van der Waals surface area contributed by atoms with E-state index in [-0.39, 0.29) is 5.91 Å². The van der Waals surface area contributed by atoms with Gasteiger partial charge in [0.05, 0.1) is 0 Å². The number of carbonyl (C=O) groups excluding carboxylic acids is 4. The van der Waals surface area contributed by atoms with E-state index >= 15 is 0 Å². The van der Waals surface area contributed by atoms with Gasteiger partial charge in [0.25, 0.3) is 11.8 Å². The summed E-state index contributed by atoms with van der Waals surface area (Å²) < 4.78 is 5.13. The second-order valence-electron chi connectivity index (χ2n) is 8.01. The molecule has 156 valence electrons. The fourth-order valence-electron chi connectivity index (χ4n) is 3.75. The van der Waals surface area contributed by atoms with Crippen molar-refractivity contribution in [2.75, 3.05) is 11.9 Å². The molecule has 1 aliphatic heterocycles. The van der Waals surface area contributed by atoms with Crippen molar-refractivity contribution in [1.82, 2.24) is 10.2 Å². The monoisotopic (exact) mass is 401 g/mol. The molecule has 8 heteroatoms. The van der Waals surface area contributed by atoms with Crippen LogP contribution < -0.4 is 10.6 Å². The molecular formula is C21H27N3O5. The van der Waals surface area contributed by atoms with E-state index in [0.29, 0.717) is 24.4 Å². The molecule has 2 fully saturated rings. The van der Waals surface area contributed by atoms with E-state index in [1.54, 1.807) is 12.1 Å². The number of nitrogens with one attached hydrogen (secondary N) is 2. The lowest BCUT2D eigenvalue weighted by Crippen LogP contribution is -2.44. The second-order valence-corrected chi connectivity index (χ2v) is 8.01. The van der Waals surface area contributed by atoms with Crippen molar-refractivity contribution >= 4 is 29.5 Å². The molecule has 1 saturated heterocycles. The molecule has 0 aromatic heterocycles. The van der Waals surface area contributed by atoms with E-state index in [0.717, 1.165) is 23.3 Å². The van der Waals surface area contributed by atoms with Gasteiger partial charge in [-0.25, -0.2) is 4.79 Å². The number of esters is 1. The predicted octanol–water partition coefficient (Wildman–Crippen LogP) is 2.54. The highest BCUT2D eigenvalue weighted by Crippen LogP contribution is 2.34. The maximum atomic E-state index is 12.6. The Morgan fingerprint density at radius 1 is 1.14 bits per heavy atom. The zero-order valence-corrected chi connectivity index (χ0v) is 17.0. The summed E-state index contributed by atoms with van der Waals surface area (Å²) in [6.45, 7) is 5.09. The number of carbonyl (C=O) groups is 4. The molecule has 29 heavy (non-hydrogen) atoms. The van der Waals surface area contributed by atoms with Crippen molar-refractivity contribution in [3.8, 4) is 0 Å². The van der Waals surface area contributed by atoms with Gasteiger partial charge < -0.3 is 15.4 Å². The van der Waals surface area contributed by atoms with Crippen LogP contribution in [0.4, 0.5) is 10.5 Å². The molecule has 2 aliphatic rings. The highest BCUT2D eigenvalue weighted by Gasteiger charge is 2.52. The number of imide groups is 1. The average Bonchev–Trinajstić information content (AvgIpc) is 3.23. The number of rotatable bonds is 6. The number of hydrogen-bond donors (Lipinski definition) is 2. The number of nitrogens with zero attached hydrogens (tertiary/aromatic N) is 1. The average molecular weight is 401 g/mol. The van der Waals surface area contributed by atoms with Crippen LogP contribution in [0, 0.1) is 0 Å². The lowest BCUT2D eigenvalue weighted by molar-refractivity contribution is -0.155. The first-order valence-electron chi connectivity index (χ1n) is 9.96. The summed E-state index contributed by atoms with van der Waals surface area (Å²) in [5, 5.41) is 5.39. The number of ether oxygens (including phenoxy) is 1. The fourth-order valence-corrected chi connectivity index (χ4v) is 3.75. The Hall–Kier alpha value is -2.90. The minimum Gasteiger partial charge on any atom is -0.451 e. The maximum absolute atomic E-state index is 12.6. The number of urea groups is 1. The van der Waals surface area contributed by atoms with Gasteiger partial charge in [0.1, 0.15) is 12.1 Å². The summed E-state index contributed by atoms with van der Waals surface area (Å²) in [4.78, 5) is 50.1. The molecule has 0 radical (unpaired) electrons. The molecule has 1 saturated carbocycles. The van der Waals surface area contributed by atoms with Crippen LogP contribution in [0.25, 0.3) is 0 Å². The van der Waals surface area contributed by atoms with Crippen LogP contribution in [-0.2, 0) is 19.1 Å². The topological polar surface area (TPSA) is 105 Å². The number of amides is 4. The van der Waals surface area contributed by atoms with E-state index in [2.05, 4.69) is 24.5 Å². The molecule has 1 heterocycles. The Labute approximate surface area is 170 Å². The lowest BCUT2D eigenvalue weighted by Gasteiger charge is -2.20. The Morgan fingerprint density at radius 2 is 1.76 bits per heavy atom. The van der Waals surface area contributed by atoms with Gasteiger partial charge in [-0.1, -0.05) is 38.8 Å². The normalized spacial score (nSPS) is 18.8. The van der Waals surface area contributed by atoms with Crippen LogP contribution in [0.2, 0.25) is 0 Å². The minimum absolute atomic E-state index is 0.383. The van der Waals surface area contributed by atoms with Crippen LogP contribution in [0.1, 0.15) is 57.9 Å². The second kappa shape index (κ2) is 8.23. The van der Waals surface area contributed by atoms with Gasteiger partial charge in [-0.05, 0) is 43.4 Å². The summed E-state index contributed by atoms with van der Waals surface area (Å²) in [5.41, 5.74) is 0.873. The zero-order valence-electron chi connectivity index (χ0n) is 17.0. The number of anilines is 1. The predicted molar refractivity (Wildman–Crippen MR) is 106 cm³/mol. The summed E-state index contributed by atoms with van der Waals surface area (Å²) in [6, 6.07) is 6.84. The minimum atomic E-state index is -1.06. The van der Waals surface area contributed by atoms with E-state index in [1.165, 1.54) is 6.92 Å². The maximum Gasteiger partial charge on any atom is 0.327 e. The molecule has 8 nitrogen and oxygen atoms in total. The number of benzene rings is 1. The molecule has 3 rings (SSSR count). The van der Waals surface area contributed by atoms with Crippen molar-refractivity contribution in [3.63, 3.8) is 0 Å². The molecule has 2 N–H and O–H groups in total. The molecular weight excluding hydrogens is 374 g/mol. The first kappa shape index (κ1) is 20.8. The van der Waals surface area contributed by atoms with Gasteiger partial charge in [0.2, 0.25) is 0 Å². The van der Waals surface area contributed by atoms with Crippen molar-refractivity contribution in [2.45, 2.75) is 64.0 Å². The quantitative estimate of drug-likeness (QED) is 0.563. The third kappa shape index (κ3) is 4.41. The lowest BCUT2D eigenvalue weighted by atomic mass is 9.98. The SMILES string of the molecule is CC(C)c1ccc(NC(=O)[C@@H](C)OC(=O)CN2C(=O)NC3(CCCC3)C2=O)cc1. The zero-order chi connectivity index (χ0) is 21.2. The number of hydrogen-bond acceptors (Lipinski definition) is 5. The van der Waals surface area contributed by atoms with Gasteiger partial charge in [-0.3, -0.25) is 19.3 Å². The van der Waals surface area contributed by atoms with Crippen molar-refractivity contribution < 1.29 is 23.9 Å². The van der Waals surface area contributed by atoms with Gasteiger partial charge in [0.15, 0.2) is 6.10 Å². The highest BCUT2D eigenvalue weighted by atomic mass is 16.5. The third-order valence-corrected chi connectivity index (χ3v) is 5.51. The molecule has 1 aliphatic carbocycles. The van der Waals surface area contributed by atoms with Crippen LogP contribution in [0.5, 0.6) is 0 Å². The Kier molecular flexibility index (Phi) is 5.91. The van der Waals surface area contributed by atoms with E-state index < -0.39 is 36.1 Å². The Bertz CT molecular complexity index is 812. The van der Waals surface area contributed by atoms with E-state index in [1.807, 2.05) is 12.1 Å². The molecule has 1 spiro atoms. The Morgan fingerprint density at radius 3 is 2.34 bits per heavy atom. The van der Waals surface area contributed by atoms with Crippen LogP contribution in [0.3, 0.4) is 0 Å². The van der Waals surface area contributed by atoms with Gasteiger partial charge >= 0.3 is 12.0 Å². The summed E-state index contributed by atoms with van der Waals surface area (Å²) in [6.07, 6.45) is 1.82. The fraction of sp³-hybridized carbons (Fsp3) is 0.524. The largest absolute Gasteiger partial charge is 0.451 e.